The molecule has 0 radical (unpaired) electrons. The van der Waals surface area contributed by atoms with Gasteiger partial charge < -0.3 is 10.0 Å². The Labute approximate surface area is 108 Å². The molecule has 1 aliphatic heterocycles. The van der Waals surface area contributed by atoms with Crippen molar-refractivity contribution in [2.24, 2.45) is 0 Å². The summed E-state index contributed by atoms with van der Waals surface area (Å²) in [6.07, 6.45) is -0.365. The molecule has 1 fully saturated rings. The SMILES string of the molecule is CN1CCN(C)C(CNS(=O)(=O)CCC(=O)O)C1. The predicted octanol–water partition coefficient (Wildman–Crippen LogP) is -1.37. The second-order valence-corrected chi connectivity index (χ2v) is 6.63. The first kappa shape index (κ1) is 15.4. The van der Waals surface area contributed by atoms with Crippen LogP contribution < -0.4 is 4.72 Å². The van der Waals surface area contributed by atoms with Gasteiger partial charge in [0.25, 0.3) is 0 Å². The molecule has 7 nitrogen and oxygen atoms in total. The Morgan fingerprint density at radius 3 is 2.67 bits per heavy atom. The predicted molar refractivity (Wildman–Crippen MR) is 68.0 cm³/mol. The van der Waals surface area contributed by atoms with Crippen molar-refractivity contribution < 1.29 is 18.3 Å². The second kappa shape index (κ2) is 6.46. The molecule has 1 rings (SSSR count). The summed E-state index contributed by atoms with van der Waals surface area (Å²) in [6.45, 7) is 3.00. The van der Waals surface area contributed by atoms with E-state index in [4.69, 9.17) is 5.11 Å². The maximum absolute atomic E-state index is 11.6. The zero-order chi connectivity index (χ0) is 13.8. The third-order valence-corrected chi connectivity index (χ3v) is 4.45. The van der Waals surface area contributed by atoms with E-state index < -0.39 is 16.0 Å². The summed E-state index contributed by atoms with van der Waals surface area (Å²) < 4.78 is 25.6. The molecule has 0 bridgehead atoms. The molecule has 1 saturated heterocycles. The molecule has 2 N–H and O–H groups in total. The van der Waals surface area contributed by atoms with Crippen LogP contribution in [0.2, 0.25) is 0 Å². The topological polar surface area (TPSA) is 90.0 Å². The van der Waals surface area contributed by atoms with E-state index in [0.717, 1.165) is 19.6 Å². The van der Waals surface area contributed by atoms with Gasteiger partial charge in [-0.25, -0.2) is 13.1 Å². The highest BCUT2D eigenvalue weighted by Crippen LogP contribution is 2.05. The molecule has 0 aromatic carbocycles. The zero-order valence-corrected chi connectivity index (χ0v) is 11.6. The minimum atomic E-state index is -3.49. The highest BCUT2D eigenvalue weighted by atomic mass is 32.2. The van der Waals surface area contributed by atoms with Crippen molar-refractivity contribution >= 4 is 16.0 Å². The first-order chi connectivity index (χ1) is 8.30. The van der Waals surface area contributed by atoms with Crippen LogP contribution in [-0.2, 0) is 14.8 Å². The van der Waals surface area contributed by atoms with Crippen molar-refractivity contribution in [1.82, 2.24) is 14.5 Å². The minimum absolute atomic E-state index is 0.128. The van der Waals surface area contributed by atoms with Crippen LogP contribution in [0.25, 0.3) is 0 Å². The van der Waals surface area contributed by atoms with Crippen LogP contribution in [0, 0.1) is 0 Å². The van der Waals surface area contributed by atoms with Gasteiger partial charge in [0, 0.05) is 32.2 Å². The Kier molecular flexibility index (Phi) is 5.51. The van der Waals surface area contributed by atoms with Gasteiger partial charge in [-0.1, -0.05) is 0 Å². The molecular weight excluding hydrogens is 258 g/mol. The van der Waals surface area contributed by atoms with Crippen LogP contribution in [0.3, 0.4) is 0 Å². The molecule has 0 aromatic rings. The van der Waals surface area contributed by atoms with Crippen molar-refractivity contribution in [2.45, 2.75) is 12.5 Å². The standard InChI is InChI=1S/C10H21N3O4S/c1-12-4-5-13(2)9(8-12)7-11-18(16,17)6-3-10(14)15/h9,11H,3-8H2,1-2H3,(H,14,15). The summed E-state index contributed by atoms with van der Waals surface area (Å²) in [5.74, 6) is -1.47. The Bertz CT molecular complexity index is 385. The number of rotatable bonds is 6. The second-order valence-electron chi connectivity index (χ2n) is 4.71. The highest BCUT2D eigenvalue weighted by Gasteiger charge is 2.23. The average molecular weight is 279 g/mol. The minimum Gasteiger partial charge on any atom is -0.481 e. The van der Waals surface area contributed by atoms with Gasteiger partial charge in [-0.2, -0.15) is 0 Å². The van der Waals surface area contributed by atoms with Crippen LogP contribution in [-0.4, -0.2) is 81.4 Å². The molecule has 0 aliphatic carbocycles. The number of hydrogen-bond acceptors (Lipinski definition) is 5. The zero-order valence-electron chi connectivity index (χ0n) is 10.8. The lowest BCUT2D eigenvalue weighted by atomic mass is 10.2. The molecule has 8 heteroatoms. The maximum Gasteiger partial charge on any atom is 0.304 e. The van der Waals surface area contributed by atoms with Gasteiger partial charge in [0.05, 0.1) is 12.2 Å². The lowest BCUT2D eigenvalue weighted by Crippen LogP contribution is -2.54. The Balaban J connectivity index is 2.41. The third kappa shape index (κ3) is 5.30. The fourth-order valence-corrected chi connectivity index (χ4v) is 2.87. The number of sulfonamides is 1. The van der Waals surface area contributed by atoms with Crippen LogP contribution in [0.1, 0.15) is 6.42 Å². The average Bonchev–Trinajstić information content (AvgIpc) is 2.28. The monoisotopic (exact) mass is 279 g/mol. The molecule has 1 atom stereocenters. The molecule has 18 heavy (non-hydrogen) atoms. The number of carboxylic acid groups (broad SMARTS) is 1. The molecule has 0 spiro atoms. The summed E-state index contributed by atoms with van der Waals surface area (Å²) in [5.41, 5.74) is 0. The number of likely N-dealkylation sites (N-methyl/N-ethyl adjacent to an activating group) is 2. The largest absolute Gasteiger partial charge is 0.481 e. The summed E-state index contributed by atoms with van der Waals surface area (Å²) in [6, 6.07) is 0.128. The van der Waals surface area contributed by atoms with E-state index in [1.807, 2.05) is 14.1 Å². The molecule has 106 valence electrons. The van der Waals surface area contributed by atoms with E-state index in [0.29, 0.717) is 6.54 Å². The van der Waals surface area contributed by atoms with E-state index in [2.05, 4.69) is 14.5 Å². The quantitative estimate of drug-likeness (QED) is 0.623. The lowest BCUT2D eigenvalue weighted by molar-refractivity contribution is -0.136. The van der Waals surface area contributed by atoms with Gasteiger partial charge >= 0.3 is 5.97 Å². The van der Waals surface area contributed by atoms with Crippen molar-refractivity contribution in [3.05, 3.63) is 0 Å². The van der Waals surface area contributed by atoms with E-state index in [1.165, 1.54) is 0 Å². The van der Waals surface area contributed by atoms with Crippen LogP contribution >= 0.6 is 0 Å². The van der Waals surface area contributed by atoms with Crippen molar-refractivity contribution in [2.75, 3.05) is 46.0 Å². The van der Waals surface area contributed by atoms with Crippen LogP contribution in [0.5, 0.6) is 0 Å². The number of carbonyl (C=O) groups is 1. The number of nitrogens with zero attached hydrogens (tertiary/aromatic N) is 2. The van der Waals surface area contributed by atoms with Crippen molar-refractivity contribution in [3.8, 4) is 0 Å². The van der Waals surface area contributed by atoms with Crippen molar-refractivity contribution in [3.63, 3.8) is 0 Å². The van der Waals surface area contributed by atoms with Gasteiger partial charge in [0.1, 0.15) is 0 Å². The normalized spacial score (nSPS) is 23.1. The first-order valence-electron chi connectivity index (χ1n) is 5.88. The van der Waals surface area contributed by atoms with Gasteiger partial charge in [0.2, 0.25) is 10.0 Å². The molecule has 0 aromatic heterocycles. The van der Waals surface area contributed by atoms with Crippen molar-refractivity contribution in [1.29, 1.82) is 0 Å². The van der Waals surface area contributed by atoms with Gasteiger partial charge in [-0.15, -0.1) is 0 Å². The van der Waals surface area contributed by atoms with E-state index in [1.54, 1.807) is 0 Å². The van der Waals surface area contributed by atoms with E-state index >= 15 is 0 Å². The highest BCUT2D eigenvalue weighted by molar-refractivity contribution is 7.89. The summed E-state index contributed by atoms with van der Waals surface area (Å²) in [5, 5.41) is 8.46. The van der Waals surface area contributed by atoms with Gasteiger partial charge in [-0.05, 0) is 14.1 Å². The Morgan fingerprint density at radius 2 is 2.06 bits per heavy atom. The first-order valence-corrected chi connectivity index (χ1v) is 7.53. The molecule has 0 saturated carbocycles. The smallest absolute Gasteiger partial charge is 0.304 e. The number of nitrogens with one attached hydrogen (secondary N) is 1. The summed E-state index contributed by atoms with van der Waals surface area (Å²) >= 11 is 0. The molecule has 1 heterocycles. The number of carboxylic acids is 1. The maximum atomic E-state index is 11.6. The molecule has 1 unspecified atom stereocenters. The molecule has 0 amide bonds. The Hall–Kier alpha value is -0.700. The van der Waals surface area contributed by atoms with E-state index in [9.17, 15) is 13.2 Å². The van der Waals surface area contributed by atoms with Gasteiger partial charge in [-0.3, -0.25) is 9.69 Å². The van der Waals surface area contributed by atoms with Gasteiger partial charge in [0.15, 0.2) is 0 Å². The van der Waals surface area contributed by atoms with Crippen LogP contribution in [0.4, 0.5) is 0 Å². The fourth-order valence-electron chi connectivity index (χ4n) is 1.84. The number of hydrogen-bond donors (Lipinski definition) is 2. The fraction of sp³-hybridized carbons (Fsp3) is 0.900. The number of aliphatic carboxylic acids is 1. The van der Waals surface area contributed by atoms with Crippen LogP contribution in [0.15, 0.2) is 0 Å². The van der Waals surface area contributed by atoms with E-state index in [-0.39, 0.29) is 18.2 Å². The summed E-state index contributed by atoms with van der Waals surface area (Å²) in [4.78, 5) is 14.6. The Morgan fingerprint density at radius 1 is 1.39 bits per heavy atom. The lowest BCUT2D eigenvalue weighted by Gasteiger charge is -2.37. The summed E-state index contributed by atoms with van der Waals surface area (Å²) in [7, 11) is 0.468. The number of piperazine rings is 1. The molecular formula is C10H21N3O4S. The third-order valence-electron chi connectivity index (χ3n) is 3.10. The molecule has 1 aliphatic rings.